The SMILES string of the molecule is Cc1cnc(=O)n(Cc2ccc(C(=O)NN)cc2Br)c1. The molecule has 1 heterocycles. The van der Waals surface area contributed by atoms with Crippen LogP contribution in [0.25, 0.3) is 0 Å². The van der Waals surface area contributed by atoms with Gasteiger partial charge in [-0.1, -0.05) is 22.0 Å². The van der Waals surface area contributed by atoms with Crippen molar-refractivity contribution in [2.24, 2.45) is 5.84 Å². The first-order chi connectivity index (χ1) is 9.51. The second-order valence-corrected chi connectivity index (χ2v) is 5.18. The molecule has 0 atom stereocenters. The van der Waals surface area contributed by atoms with Crippen molar-refractivity contribution in [3.63, 3.8) is 0 Å². The zero-order chi connectivity index (χ0) is 14.7. The summed E-state index contributed by atoms with van der Waals surface area (Å²) in [5, 5.41) is 0. The summed E-state index contributed by atoms with van der Waals surface area (Å²) in [5.41, 5.74) is 3.97. The number of hydrogen-bond donors (Lipinski definition) is 2. The lowest BCUT2D eigenvalue weighted by molar-refractivity contribution is 0.0953. The molecule has 20 heavy (non-hydrogen) atoms. The number of carbonyl (C=O) groups is 1. The summed E-state index contributed by atoms with van der Waals surface area (Å²) in [7, 11) is 0. The Morgan fingerprint density at radius 3 is 2.90 bits per heavy atom. The van der Waals surface area contributed by atoms with Crippen molar-refractivity contribution >= 4 is 21.8 Å². The van der Waals surface area contributed by atoms with Gasteiger partial charge < -0.3 is 0 Å². The first-order valence-electron chi connectivity index (χ1n) is 5.83. The number of nitrogens with zero attached hydrogens (tertiary/aromatic N) is 2. The number of amides is 1. The highest BCUT2D eigenvalue weighted by molar-refractivity contribution is 9.10. The maximum atomic E-state index is 11.7. The van der Waals surface area contributed by atoms with Gasteiger partial charge in [-0.3, -0.25) is 14.8 Å². The molecule has 0 saturated heterocycles. The Morgan fingerprint density at radius 2 is 2.25 bits per heavy atom. The Kier molecular flexibility index (Phi) is 4.31. The number of hydrogen-bond acceptors (Lipinski definition) is 4. The lowest BCUT2D eigenvalue weighted by Crippen LogP contribution is -2.30. The van der Waals surface area contributed by atoms with Crippen molar-refractivity contribution in [3.8, 4) is 0 Å². The molecule has 3 N–H and O–H groups in total. The molecule has 2 rings (SSSR count). The summed E-state index contributed by atoms with van der Waals surface area (Å²) in [4.78, 5) is 26.9. The van der Waals surface area contributed by atoms with E-state index in [2.05, 4.69) is 26.3 Å². The van der Waals surface area contributed by atoms with E-state index in [1.807, 2.05) is 6.92 Å². The monoisotopic (exact) mass is 336 g/mol. The van der Waals surface area contributed by atoms with Crippen molar-refractivity contribution in [3.05, 3.63) is 62.2 Å². The van der Waals surface area contributed by atoms with Crippen LogP contribution >= 0.6 is 15.9 Å². The quantitative estimate of drug-likeness (QED) is 0.496. The van der Waals surface area contributed by atoms with Gasteiger partial charge in [-0.2, -0.15) is 0 Å². The highest BCUT2D eigenvalue weighted by atomic mass is 79.9. The Hall–Kier alpha value is -1.99. The minimum Gasteiger partial charge on any atom is -0.294 e. The Bertz CT molecular complexity index is 712. The fourth-order valence-corrected chi connectivity index (χ4v) is 2.27. The van der Waals surface area contributed by atoms with E-state index >= 15 is 0 Å². The summed E-state index contributed by atoms with van der Waals surface area (Å²) in [6.07, 6.45) is 3.27. The number of hydrazine groups is 1. The van der Waals surface area contributed by atoms with E-state index in [0.29, 0.717) is 12.1 Å². The molecule has 0 spiro atoms. The third-order valence-electron chi connectivity index (χ3n) is 2.77. The van der Waals surface area contributed by atoms with Crippen LogP contribution in [0.3, 0.4) is 0 Å². The van der Waals surface area contributed by atoms with Gasteiger partial charge >= 0.3 is 5.69 Å². The van der Waals surface area contributed by atoms with Crippen molar-refractivity contribution in [1.29, 1.82) is 0 Å². The summed E-state index contributed by atoms with van der Waals surface area (Å²) >= 11 is 3.39. The highest BCUT2D eigenvalue weighted by Gasteiger charge is 2.08. The lowest BCUT2D eigenvalue weighted by atomic mass is 10.1. The average molecular weight is 337 g/mol. The van der Waals surface area contributed by atoms with Crippen LogP contribution in [0.4, 0.5) is 0 Å². The van der Waals surface area contributed by atoms with Gasteiger partial charge in [0.1, 0.15) is 0 Å². The standard InChI is InChI=1S/C13H13BrN4O2/c1-8-5-16-13(20)18(6-8)7-10-3-2-9(4-11(10)14)12(19)17-15/h2-6H,7,15H2,1H3,(H,17,19). The normalized spacial score (nSPS) is 10.3. The third kappa shape index (κ3) is 3.12. The number of aromatic nitrogens is 2. The van der Waals surface area contributed by atoms with Gasteiger partial charge in [-0.25, -0.2) is 15.6 Å². The molecule has 1 aromatic heterocycles. The largest absolute Gasteiger partial charge is 0.347 e. The fourth-order valence-electron chi connectivity index (χ4n) is 1.76. The Morgan fingerprint density at radius 1 is 1.50 bits per heavy atom. The van der Waals surface area contributed by atoms with Gasteiger partial charge in [0.15, 0.2) is 0 Å². The predicted molar refractivity (Wildman–Crippen MR) is 78.1 cm³/mol. The van der Waals surface area contributed by atoms with Crippen LogP contribution in [0, 0.1) is 6.92 Å². The summed E-state index contributed by atoms with van der Waals surface area (Å²) < 4.78 is 2.24. The van der Waals surface area contributed by atoms with Gasteiger partial charge in [-0.15, -0.1) is 0 Å². The molecule has 0 radical (unpaired) electrons. The molecule has 0 bridgehead atoms. The second-order valence-electron chi connectivity index (χ2n) is 4.32. The van der Waals surface area contributed by atoms with Crippen molar-refractivity contribution in [2.45, 2.75) is 13.5 Å². The van der Waals surface area contributed by atoms with E-state index in [1.54, 1.807) is 24.4 Å². The van der Waals surface area contributed by atoms with Gasteiger partial charge in [0.2, 0.25) is 0 Å². The molecule has 6 nitrogen and oxygen atoms in total. The fraction of sp³-hybridized carbons (Fsp3) is 0.154. The van der Waals surface area contributed by atoms with Crippen LogP contribution in [-0.2, 0) is 6.54 Å². The minimum atomic E-state index is -0.369. The predicted octanol–water partition coefficient (Wildman–Crippen LogP) is 0.966. The van der Waals surface area contributed by atoms with E-state index in [1.165, 1.54) is 10.8 Å². The summed E-state index contributed by atoms with van der Waals surface area (Å²) in [5.74, 6) is 4.71. The minimum absolute atomic E-state index is 0.314. The molecule has 0 aliphatic carbocycles. The average Bonchev–Trinajstić information content (AvgIpc) is 2.44. The van der Waals surface area contributed by atoms with E-state index < -0.39 is 0 Å². The zero-order valence-electron chi connectivity index (χ0n) is 10.8. The number of nitrogen functional groups attached to an aromatic ring is 1. The van der Waals surface area contributed by atoms with E-state index in [0.717, 1.165) is 15.6 Å². The first kappa shape index (κ1) is 14.4. The van der Waals surface area contributed by atoms with Crippen LogP contribution in [0.2, 0.25) is 0 Å². The Balaban J connectivity index is 2.33. The molecular weight excluding hydrogens is 324 g/mol. The van der Waals surface area contributed by atoms with E-state index in [-0.39, 0.29) is 11.6 Å². The van der Waals surface area contributed by atoms with Crippen molar-refractivity contribution in [2.75, 3.05) is 0 Å². The molecule has 0 aliphatic rings. The smallest absolute Gasteiger partial charge is 0.294 e. The lowest BCUT2D eigenvalue weighted by Gasteiger charge is -2.09. The number of benzene rings is 1. The zero-order valence-corrected chi connectivity index (χ0v) is 12.3. The molecule has 0 unspecified atom stereocenters. The van der Waals surface area contributed by atoms with Crippen LogP contribution in [0.1, 0.15) is 21.5 Å². The number of rotatable bonds is 3. The molecule has 104 valence electrons. The van der Waals surface area contributed by atoms with Crippen molar-refractivity contribution in [1.82, 2.24) is 15.0 Å². The van der Waals surface area contributed by atoms with Gasteiger partial charge in [0.05, 0.1) is 6.54 Å². The number of nitrogens with two attached hydrogens (primary N) is 1. The molecule has 7 heteroatoms. The summed E-state index contributed by atoms with van der Waals surface area (Å²) in [6.45, 7) is 2.24. The van der Waals surface area contributed by atoms with Crippen LogP contribution in [0.5, 0.6) is 0 Å². The van der Waals surface area contributed by atoms with Gasteiger partial charge in [-0.05, 0) is 30.2 Å². The first-order valence-corrected chi connectivity index (χ1v) is 6.63. The Labute approximate surface area is 123 Å². The molecular formula is C13H13BrN4O2. The molecule has 0 aliphatic heterocycles. The molecule has 0 fully saturated rings. The van der Waals surface area contributed by atoms with E-state index in [9.17, 15) is 9.59 Å². The number of carbonyl (C=O) groups excluding carboxylic acids is 1. The van der Waals surface area contributed by atoms with Crippen LogP contribution in [0.15, 0.2) is 39.9 Å². The highest BCUT2D eigenvalue weighted by Crippen LogP contribution is 2.19. The maximum Gasteiger partial charge on any atom is 0.347 e. The molecule has 1 amide bonds. The van der Waals surface area contributed by atoms with Crippen molar-refractivity contribution < 1.29 is 4.79 Å². The second kappa shape index (κ2) is 5.98. The number of halogens is 1. The van der Waals surface area contributed by atoms with Gasteiger partial charge in [0, 0.05) is 22.4 Å². The maximum absolute atomic E-state index is 11.7. The number of nitrogens with one attached hydrogen (secondary N) is 1. The van der Waals surface area contributed by atoms with E-state index in [4.69, 9.17) is 5.84 Å². The summed E-state index contributed by atoms with van der Waals surface area (Å²) in [6, 6.07) is 5.08. The van der Waals surface area contributed by atoms with Gasteiger partial charge in [0.25, 0.3) is 5.91 Å². The topological polar surface area (TPSA) is 90.0 Å². The third-order valence-corrected chi connectivity index (χ3v) is 3.51. The molecule has 1 aromatic carbocycles. The van der Waals surface area contributed by atoms with Crippen LogP contribution in [-0.4, -0.2) is 15.5 Å². The van der Waals surface area contributed by atoms with Crippen LogP contribution < -0.4 is 17.0 Å². The molecule has 0 saturated carbocycles. The molecule has 2 aromatic rings. The number of aryl methyl sites for hydroxylation is 1.